The summed E-state index contributed by atoms with van der Waals surface area (Å²) in [4.78, 5) is 12.7. The molecule has 0 aliphatic heterocycles. The molecule has 12 heavy (non-hydrogen) atoms. The summed E-state index contributed by atoms with van der Waals surface area (Å²) in [5.41, 5.74) is 2.09. The van der Waals surface area contributed by atoms with Crippen LogP contribution in [0.2, 0.25) is 0 Å². The number of carbonyl (C=O) groups is 1. The number of hydrazine groups is 1. The summed E-state index contributed by atoms with van der Waals surface area (Å²) in [6.07, 6.45) is 1.03. The maximum atomic E-state index is 10.8. The first kappa shape index (κ1) is 11.4. The van der Waals surface area contributed by atoms with Gasteiger partial charge in [0.05, 0.1) is 6.54 Å². The van der Waals surface area contributed by atoms with Gasteiger partial charge in [0.1, 0.15) is 0 Å². The van der Waals surface area contributed by atoms with Crippen LogP contribution in [0, 0.1) is 0 Å². The number of likely N-dealkylation sites (N-methyl/N-ethyl adjacent to an activating group) is 1. The molecule has 0 saturated heterocycles. The Kier molecular flexibility index (Phi) is 6.64. The molecule has 0 aromatic carbocycles. The standard InChI is InChI=1S/C7H18N4O/c1-9-4-3-5-11(2)6-7(12)10-8/h9H,3-6,8H2,1-2H3,(H,10,12). The minimum Gasteiger partial charge on any atom is -0.320 e. The molecule has 0 aliphatic rings. The topological polar surface area (TPSA) is 70.4 Å². The molecule has 0 rings (SSSR count). The lowest BCUT2D eigenvalue weighted by Gasteiger charge is -2.14. The van der Waals surface area contributed by atoms with Crippen molar-refractivity contribution < 1.29 is 4.79 Å². The Morgan fingerprint density at radius 1 is 1.58 bits per heavy atom. The number of nitrogens with two attached hydrogens (primary N) is 1. The summed E-state index contributed by atoms with van der Waals surface area (Å²) in [5.74, 6) is 4.79. The lowest BCUT2D eigenvalue weighted by molar-refractivity contribution is -0.122. The van der Waals surface area contributed by atoms with Gasteiger partial charge in [0.25, 0.3) is 0 Å². The van der Waals surface area contributed by atoms with Crippen molar-refractivity contribution in [2.24, 2.45) is 5.84 Å². The summed E-state index contributed by atoms with van der Waals surface area (Å²) in [5, 5.41) is 3.04. The monoisotopic (exact) mass is 174 g/mol. The van der Waals surface area contributed by atoms with Crippen molar-refractivity contribution in [3.05, 3.63) is 0 Å². The lowest BCUT2D eigenvalue weighted by Crippen LogP contribution is -2.39. The predicted molar refractivity (Wildman–Crippen MR) is 48.4 cm³/mol. The van der Waals surface area contributed by atoms with E-state index in [1.807, 2.05) is 19.0 Å². The first-order valence-electron chi connectivity index (χ1n) is 4.03. The quantitative estimate of drug-likeness (QED) is 0.199. The SMILES string of the molecule is CNCCCN(C)CC(=O)NN. The highest BCUT2D eigenvalue weighted by Crippen LogP contribution is 1.84. The van der Waals surface area contributed by atoms with Gasteiger partial charge < -0.3 is 5.32 Å². The van der Waals surface area contributed by atoms with Crippen LogP contribution in [0.15, 0.2) is 0 Å². The van der Waals surface area contributed by atoms with Crippen LogP contribution in [0.5, 0.6) is 0 Å². The largest absolute Gasteiger partial charge is 0.320 e. The molecule has 0 aliphatic carbocycles. The van der Waals surface area contributed by atoms with Crippen LogP contribution in [-0.2, 0) is 4.79 Å². The summed E-state index contributed by atoms with van der Waals surface area (Å²) in [7, 11) is 3.80. The van der Waals surface area contributed by atoms with Gasteiger partial charge in [-0.1, -0.05) is 0 Å². The predicted octanol–water partition coefficient (Wildman–Crippen LogP) is -1.48. The Hall–Kier alpha value is -0.650. The van der Waals surface area contributed by atoms with Crippen LogP contribution in [-0.4, -0.2) is 44.5 Å². The summed E-state index contributed by atoms with van der Waals surface area (Å²) in [6.45, 7) is 2.23. The van der Waals surface area contributed by atoms with Crippen molar-refractivity contribution in [3.63, 3.8) is 0 Å². The van der Waals surface area contributed by atoms with E-state index in [-0.39, 0.29) is 5.91 Å². The minimum atomic E-state index is -0.151. The van der Waals surface area contributed by atoms with Gasteiger partial charge in [0.2, 0.25) is 5.91 Å². The molecule has 0 unspecified atom stereocenters. The van der Waals surface area contributed by atoms with Crippen LogP contribution in [0.4, 0.5) is 0 Å². The summed E-state index contributed by atoms with van der Waals surface area (Å²) in [6, 6.07) is 0. The van der Waals surface area contributed by atoms with E-state index in [0.717, 1.165) is 19.5 Å². The average molecular weight is 174 g/mol. The van der Waals surface area contributed by atoms with Crippen molar-refractivity contribution in [3.8, 4) is 0 Å². The molecule has 0 heterocycles. The highest BCUT2D eigenvalue weighted by Gasteiger charge is 2.02. The fraction of sp³-hybridized carbons (Fsp3) is 0.857. The Morgan fingerprint density at radius 3 is 2.75 bits per heavy atom. The Balaban J connectivity index is 3.32. The zero-order chi connectivity index (χ0) is 9.40. The van der Waals surface area contributed by atoms with Gasteiger partial charge in [0.15, 0.2) is 0 Å². The molecule has 4 N–H and O–H groups in total. The third-order valence-corrected chi connectivity index (χ3v) is 1.54. The van der Waals surface area contributed by atoms with Crippen LogP contribution in [0.25, 0.3) is 0 Å². The van der Waals surface area contributed by atoms with Crippen LogP contribution in [0.3, 0.4) is 0 Å². The number of hydrogen-bond donors (Lipinski definition) is 3. The molecule has 5 nitrogen and oxygen atoms in total. The molecule has 0 fully saturated rings. The van der Waals surface area contributed by atoms with E-state index in [0.29, 0.717) is 6.54 Å². The zero-order valence-electron chi connectivity index (χ0n) is 7.76. The fourth-order valence-electron chi connectivity index (χ4n) is 0.896. The number of carbonyl (C=O) groups excluding carboxylic acids is 1. The molecule has 0 atom stereocenters. The number of rotatable bonds is 6. The molecule has 72 valence electrons. The Bertz CT molecular complexity index is 129. The van der Waals surface area contributed by atoms with Crippen LogP contribution >= 0.6 is 0 Å². The van der Waals surface area contributed by atoms with E-state index < -0.39 is 0 Å². The molecule has 0 aromatic rings. The molecular weight excluding hydrogens is 156 g/mol. The third-order valence-electron chi connectivity index (χ3n) is 1.54. The lowest BCUT2D eigenvalue weighted by atomic mass is 10.4. The number of amides is 1. The summed E-state index contributed by atoms with van der Waals surface area (Å²) < 4.78 is 0. The maximum absolute atomic E-state index is 10.8. The first-order valence-corrected chi connectivity index (χ1v) is 4.03. The van der Waals surface area contributed by atoms with E-state index >= 15 is 0 Å². The molecule has 0 saturated carbocycles. The normalized spacial score (nSPS) is 10.3. The van der Waals surface area contributed by atoms with Gasteiger partial charge >= 0.3 is 0 Å². The van der Waals surface area contributed by atoms with Crippen molar-refractivity contribution in [2.45, 2.75) is 6.42 Å². The van der Waals surface area contributed by atoms with Gasteiger partial charge in [-0.25, -0.2) is 5.84 Å². The van der Waals surface area contributed by atoms with Crippen LogP contribution in [0.1, 0.15) is 6.42 Å². The Labute approximate surface area is 73.3 Å². The van der Waals surface area contributed by atoms with E-state index in [4.69, 9.17) is 5.84 Å². The van der Waals surface area contributed by atoms with Gasteiger partial charge in [0, 0.05) is 0 Å². The fourth-order valence-corrected chi connectivity index (χ4v) is 0.896. The number of nitrogens with zero attached hydrogens (tertiary/aromatic N) is 1. The second-order valence-corrected chi connectivity index (χ2v) is 2.76. The molecule has 0 bridgehead atoms. The second kappa shape index (κ2) is 7.02. The van der Waals surface area contributed by atoms with E-state index in [9.17, 15) is 4.79 Å². The van der Waals surface area contributed by atoms with Gasteiger partial charge in [-0.15, -0.1) is 0 Å². The highest BCUT2D eigenvalue weighted by atomic mass is 16.2. The molecule has 0 aromatic heterocycles. The highest BCUT2D eigenvalue weighted by molar-refractivity contribution is 5.77. The Morgan fingerprint density at radius 2 is 2.25 bits per heavy atom. The molecule has 0 spiro atoms. The molecular formula is C7H18N4O. The third kappa shape index (κ3) is 6.09. The van der Waals surface area contributed by atoms with Crippen molar-refractivity contribution >= 4 is 5.91 Å². The number of nitrogens with one attached hydrogen (secondary N) is 2. The molecule has 0 radical (unpaired) electrons. The van der Waals surface area contributed by atoms with E-state index in [2.05, 4.69) is 10.7 Å². The minimum absolute atomic E-state index is 0.151. The van der Waals surface area contributed by atoms with Crippen LogP contribution < -0.4 is 16.6 Å². The van der Waals surface area contributed by atoms with E-state index in [1.54, 1.807) is 0 Å². The number of hydrogen-bond acceptors (Lipinski definition) is 4. The molecule has 1 amide bonds. The maximum Gasteiger partial charge on any atom is 0.248 e. The first-order chi connectivity index (χ1) is 5.70. The van der Waals surface area contributed by atoms with Gasteiger partial charge in [-0.3, -0.25) is 15.1 Å². The smallest absolute Gasteiger partial charge is 0.248 e. The van der Waals surface area contributed by atoms with Gasteiger partial charge in [-0.2, -0.15) is 0 Å². The van der Waals surface area contributed by atoms with Gasteiger partial charge in [-0.05, 0) is 33.6 Å². The second-order valence-electron chi connectivity index (χ2n) is 2.76. The van der Waals surface area contributed by atoms with Crippen molar-refractivity contribution in [1.82, 2.24) is 15.6 Å². The zero-order valence-corrected chi connectivity index (χ0v) is 7.76. The average Bonchev–Trinajstić information content (AvgIpc) is 2.05. The molecule has 5 heteroatoms. The summed E-state index contributed by atoms with van der Waals surface area (Å²) >= 11 is 0. The van der Waals surface area contributed by atoms with Crippen molar-refractivity contribution in [2.75, 3.05) is 33.7 Å². The van der Waals surface area contributed by atoms with Crippen molar-refractivity contribution in [1.29, 1.82) is 0 Å². The van der Waals surface area contributed by atoms with E-state index in [1.165, 1.54) is 0 Å².